The fraction of sp³-hybridized carbons (Fsp3) is 0.400. The highest BCUT2D eigenvalue weighted by molar-refractivity contribution is 5.83. The van der Waals surface area contributed by atoms with E-state index in [0.29, 0.717) is 0 Å². The van der Waals surface area contributed by atoms with E-state index in [1.54, 1.807) is 13.8 Å². The predicted molar refractivity (Wildman–Crippen MR) is 84.9 cm³/mol. The number of carboxylic acids is 2. The molecule has 25 heavy (non-hydrogen) atoms. The van der Waals surface area contributed by atoms with Gasteiger partial charge in [-0.25, -0.2) is 14.4 Å². The molecule has 0 fully saturated rings. The van der Waals surface area contributed by atoms with Crippen molar-refractivity contribution in [2.24, 2.45) is 5.92 Å². The van der Waals surface area contributed by atoms with Crippen LogP contribution in [0.25, 0.3) is 0 Å². The molecule has 0 aliphatic rings. The number of aliphatic carboxylic acids is 2. The maximum absolute atomic E-state index is 11.9. The number of hydrogen-bond donors (Lipinski definition) is 4. The lowest BCUT2D eigenvalue weighted by atomic mass is 10.0. The van der Waals surface area contributed by atoms with Gasteiger partial charge in [-0.15, -0.1) is 0 Å². The number of rotatable bonds is 8. The van der Waals surface area contributed by atoms with Crippen LogP contribution in [0.3, 0.4) is 0 Å². The molecule has 138 valence electrons. The number of para-hydroxylation sites is 1. The number of anilines is 1. The standard InChI is InChI=1S/C15H19N2O8/c1-8(2)7-10(13(18)19)16-15(22)25-12(14(20)21)9-5-3-4-6-11(9)17(23)24/h3-6,8,10,12,23H,7H2,1-2H3,(H,16,22)(H,18,19)(H,20,21)/q-1/t10-,12?/m0/s1. The summed E-state index contributed by atoms with van der Waals surface area (Å²) in [5.74, 6) is -2.93. The van der Waals surface area contributed by atoms with E-state index in [0.717, 1.165) is 6.07 Å². The van der Waals surface area contributed by atoms with Crippen molar-refractivity contribution in [1.29, 1.82) is 0 Å². The topological polar surface area (TPSA) is 159 Å². The van der Waals surface area contributed by atoms with Gasteiger partial charge < -0.3 is 30.7 Å². The third kappa shape index (κ3) is 5.94. The van der Waals surface area contributed by atoms with Crippen LogP contribution >= 0.6 is 0 Å². The average Bonchev–Trinajstić information content (AvgIpc) is 2.51. The van der Waals surface area contributed by atoms with E-state index >= 15 is 0 Å². The lowest BCUT2D eigenvalue weighted by Gasteiger charge is -2.27. The number of carbonyl (C=O) groups is 3. The first-order valence-corrected chi connectivity index (χ1v) is 7.31. The van der Waals surface area contributed by atoms with Crippen LogP contribution in [-0.4, -0.2) is 39.5 Å². The number of hydrogen-bond acceptors (Lipinski definition) is 7. The summed E-state index contributed by atoms with van der Waals surface area (Å²) in [7, 11) is 0. The molecular formula is C15H19N2O8-. The van der Waals surface area contributed by atoms with Crippen molar-refractivity contribution in [3.8, 4) is 0 Å². The van der Waals surface area contributed by atoms with Crippen molar-refractivity contribution in [3.63, 3.8) is 0 Å². The number of carboxylic acid groups (broad SMARTS) is 2. The molecule has 0 saturated carbocycles. The molecule has 1 rings (SSSR count). The van der Waals surface area contributed by atoms with Crippen LogP contribution in [0.4, 0.5) is 10.5 Å². The Balaban J connectivity index is 2.97. The van der Waals surface area contributed by atoms with Crippen molar-refractivity contribution in [2.75, 3.05) is 5.23 Å². The molecule has 1 aromatic rings. The molecule has 10 nitrogen and oxygen atoms in total. The lowest BCUT2D eigenvalue weighted by molar-refractivity contribution is -0.147. The van der Waals surface area contributed by atoms with Gasteiger partial charge in [0.2, 0.25) is 6.10 Å². The Bertz CT molecular complexity index is 632. The second-order valence-corrected chi connectivity index (χ2v) is 5.62. The number of carbonyl (C=O) groups excluding carboxylic acids is 1. The van der Waals surface area contributed by atoms with Gasteiger partial charge in [-0.05, 0) is 18.4 Å². The summed E-state index contributed by atoms with van der Waals surface area (Å²) in [6.45, 7) is 3.51. The predicted octanol–water partition coefficient (Wildman–Crippen LogP) is 1.73. The van der Waals surface area contributed by atoms with E-state index in [9.17, 15) is 24.7 Å². The second kappa shape index (κ2) is 8.85. The van der Waals surface area contributed by atoms with Crippen molar-refractivity contribution in [1.82, 2.24) is 5.32 Å². The van der Waals surface area contributed by atoms with Crippen molar-refractivity contribution >= 4 is 23.7 Å². The summed E-state index contributed by atoms with van der Waals surface area (Å²) >= 11 is 0. The van der Waals surface area contributed by atoms with Crippen LogP contribution in [0.2, 0.25) is 0 Å². The molecule has 0 bridgehead atoms. The number of amides is 1. The maximum Gasteiger partial charge on any atom is 0.409 e. The zero-order valence-corrected chi connectivity index (χ0v) is 13.6. The Labute approximate surface area is 143 Å². The van der Waals surface area contributed by atoms with E-state index in [4.69, 9.17) is 15.1 Å². The third-order valence-corrected chi connectivity index (χ3v) is 3.17. The Morgan fingerprint density at radius 1 is 1.20 bits per heavy atom. The molecule has 2 atom stereocenters. The van der Waals surface area contributed by atoms with Gasteiger partial charge in [0, 0.05) is 5.56 Å². The van der Waals surface area contributed by atoms with E-state index < -0.39 is 41.1 Å². The Morgan fingerprint density at radius 3 is 2.28 bits per heavy atom. The fourth-order valence-corrected chi connectivity index (χ4v) is 2.11. The summed E-state index contributed by atoms with van der Waals surface area (Å²) in [4.78, 5) is 34.4. The molecule has 0 aliphatic heterocycles. The van der Waals surface area contributed by atoms with Gasteiger partial charge in [0.25, 0.3) is 0 Å². The van der Waals surface area contributed by atoms with Crippen molar-refractivity contribution in [3.05, 3.63) is 35.0 Å². The van der Waals surface area contributed by atoms with E-state index in [1.165, 1.54) is 18.2 Å². The third-order valence-electron chi connectivity index (χ3n) is 3.17. The second-order valence-electron chi connectivity index (χ2n) is 5.62. The van der Waals surface area contributed by atoms with Crippen LogP contribution in [-0.2, 0) is 14.3 Å². The Morgan fingerprint density at radius 2 is 1.80 bits per heavy atom. The van der Waals surface area contributed by atoms with Crippen LogP contribution in [0, 0.1) is 11.1 Å². The van der Waals surface area contributed by atoms with Crippen molar-refractivity contribution in [2.45, 2.75) is 32.4 Å². The highest BCUT2D eigenvalue weighted by Crippen LogP contribution is 2.28. The first-order chi connectivity index (χ1) is 11.6. The number of nitrogens with zero attached hydrogens (tertiary/aromatic N) is 1. The maximum atomic E-state index is 11.9. The quantitative estimate of drug-likeness (QED) is 0.509. The molecule has 0 radical (unpaired) electrons. The first kappa shape index (κ1) is 20.2. The first-order valence-electron chi connectivity index (χ1n) is 7.31. The molecule has 0 saturated heterocycles. The fourth-order valence-electron chi connectivity index (χ4n) is 2.11. The molecule has 1 aromatic carbocycles. The van der Waals surface area contributed by atoms with Gasteiger partial charge in [-0.2, -0.15) is 0 Å². The van der Waals surface area contributed by atoms with Crippen LogP contribution in [0.1, 0.15) is 31.9 Å². The zero-order valence-electron chi connectivity index (χ0n) is 13.6. The smallest absolute Gasteiger partial charge is 0.409 e. The summed E-state index contributed by atoms with van der Waals surface area (Å²) in [5, 5.41) is 40.0. The molecule has 0 heterocycles. The molecule has 0 aliphatic carbocycles. The van der Waals surface area contributed by atoms with Crippen molar-refractivity contribution < 1.29 is 34.5 Å². The minimum absolute atomic E-state index is 0.0409. The van der Waals surface area contributed by atoms with Crippen LogP contribution < -0.4 is 10.5 Å². The summed E-state index contributed by atoms with van der Waals surface area (Å²) in [6.07, 6.45) is -3.07. The summed E-state index contributed by atoms with van der Waals surface area (Å²) < 4.78 is 4.76. The van der Waals surface area contributed by atoms with Gasteiger partial charge in [-0.3, -0.25) is 5.21 Å². The molecule has 10 heteroatoms. The summed E-state index contributed by atoms with van der Waals surface area (Å²) in [5.41, 5.74) is -0.682. The largest absolute Gasteiger partial charge is 0.733 e. The normalized spacial score (nSPS) is 13.0. The van der Waals surface area contributed by atoms with Crippen LogP contribution in [0.5, 0.6) is 0 Å². The molecule has 0 aromatic heterocycles. The lowest BCUT2D eigenvalue weighted by Crippen LogP contribution is -2.42. The van der Waals surface area contributed by atoms with Gasteiger partial charge in [-0.1, -0.05) is 32.0 Å². The van der Waals surface area contributed by atoms with E-state index in [2.05, 4.69) is 5.32 Å². The van der Waals surface area contributed by atoms with E-state index in [1.807, 2.05) is 0 Å². The van der Waals surface area contributed by atoms with E-state index in [-0.39, 0.29) is 17.9 Å². The molecule has 4 N–H and O–H groups in total. The minimum atomic E-state index is -1.91. The molecule has 0 spiro atoms. The van der Waals surface area contributed by atoms with Gasteiger partial charge in [0.1, 0.15) is 6.04 Å². The monoisotopic (exact) mass is 355 g/mol. The highest BCUT2D eigenvalue weighted by Gasteiger charge is 2.29. The summed E-state index contributed by atoms with van der Waals surface area (Å²) in [6, 6.07) is 3.83. The Hall–Kier alpha value is -2.85. The SMILES string of the molecule is CC(C)C[C@H](NC(=O)OC(C(=O)O)c1ccccc1N([O-])O)C(=O)O. The van der Waals surface area contributed by atoms with Gasteiger partial charge in [0.15, 0.2) is 0 Å². The van der Waals surface area contributed by atoms with Gasteiger partial charge >= 0.3 is 18.0 Å². The minimum Gasteiger partial charge on any atom is -0.733 e. The van der Waals surface area contributed by atoms with Crippen LogP contribution in [0.15, 0.2) is 24.3 Å². The Kier molecular flexibility index (Phi) is 7.15. The number of ether oxygens (including phenoxy) is 1. The molecule has 1 amide bonds. The molecular weight excluding hydrogens is 336 g/mol. The highest BCUT2D eigenvalue weighted by atomic mass is 16.8. The number of alkyl carbamates (subject to hydrolysis) is 1. The number of benzene rings is 1. The molecule has 1 unspecified atom stereocenters. The number of nitrogens with one attached hydrogen (secondary N) is 1. The zero-order chi connectivity index (χ0) is 19.1. The average molecular weight is 355 g/mol. The van der Waals surface area contributed by atoms with Gasteiger partial charge in [0.05, 0.1) is 5.69 Å².